The summed E-state index contributed by atoms with van der Waals surface area (Å²) in [6.45, 7) is 14.1. The smallest absolute Gasteiger partial charge is 0.237 e. The van der Waals surface area contributed by atoms with Crippen molar-refractivity contribution in [3.05, 3.63) is 51.2 Å². The summed E-state index contributed by atoms with van der Waals surface area (Å²) >= 11 is 1.76. The summed E-state index contributed by atoms with van der Waals surface area (Å²) < 4.78 is 6.25. The number of hydrogen-bond acceptors (Lipinski definition) is 5. The number of aryl methyl sites for hydroxylation is 2. The third-order valence-corrected chi connectivity index (χ3v) is 7.56. The predicted molar refractivity (Wildman–Crippen MR) is 132 cm³/mol. The van der Waals surface area contributed by atoms with E-state index >= 15 is 0 Å². The summed E-state index contributed by atoms with van der Waals surface area (Å²) in [6.07, 6.45) is 1.81. The molecule has 0 unspecified atom stereocenters. The number of ether oxygens (including phenoxy) is 1. The van der Waals surface area contributed by atoms with Crippen molar-refractivity contribution in [2.45, 2.75) is 72.1 Å². The van der Waals surface area contributed by atoms with Crippen LogP contribution in [0.4, 0.5) is 0 Å². The van der Waals surface area contributed by atoms with E-state index in [2.05, 4.69) is 49.3 Å². The van der Waals surface area contributed by atoms with Crippen LogP contribution in [0.1, 0.15) is 61.7 Å². The normalized spacial score (nSPS) is 17.4. The van der Waals surface area contributed by atoms with Crippen LogP contribution in [0.15, 0.2) is 29.6 Å². The Labute approximate surface area is 197 Å². The number of carbonyl (C=O) groups is 1. The van der Waals surface area contributed by atoms with Gasteiger partial charge < -0.3 is 14.7 Å². The Morgan fingerprint density at radius 2 is 2.09 bits per heavy atom. The quantitative estimate of drug-likeness (QED) is 0.590. The zero-order valence-corrected chi connectivity index (χ0v) is 21.2. The number of rotatable bonds is 9. The van der Waals surface area contributed by atoms with E-state index in [9.17, 15) is 9.90 Å². The maximum absolute atomic E-state index is 13.5. The Bertz CT molecular complexity index is 918. The van der Waals surface area contributed by atoms with E-state index in [-0.39, 0.29) is 18.0 Å². The van der Waals surface area contributed by atoms with Crippen LogP contribution in [0.5, 0.6) is 5.75 Å². The lowest BCUT2D eigenvalue weighted by molar-refractivity contribution is -0.138. The third kappa shape index (κ3) is 5.72. The second-order valence-corrected chi connectivity index (χ2v) is 10.5. The molecule has 0 bridgehead atoms. The average molecular weight is 459 g/mol. The molecule has 0 spiro atoms. The van der Waals surface area contributed by atoms with Gasteiger partial charge in [0, 0.05) is 17.5 Å². The first-order valence-corrected chi connectivity index (χ1v) is 12.5. The van der Waals surface area contributed by atoms with Crippen molar-refractivity contribution < 1.29 is 14.6 Å². The van der Waals surface area contributed by atoms with Crippen molar-refractivity contribution in [2.75, 3.05) is 26.2 Å². The summed E-state index contributed by atoms with van der Waals surface area (Å²) in [4.78, 5) is 19.0. The largest absolute Gasteiger partial charge is 0.491 e. The van der Waals surface area contributed by atoms with Crippen LogP contribution in [0.2, 0.25) is 0 Å². The lowest BCUT2D eigenvalue weighted by atomic mass is 9.98. The van der Waals surface area contributed by atoms with Gasteiger partial charge in [0.2, 0.25) is 5.91 Å². The molecule has 1 aromatic carbocycles. The highest BCUT2D eigenvalue weighted by Crippen LogP contribution is 2.34. The zero-order valence-electron chi connectivity index (χ0n) is 20.4. The van der Waals surface area contributed by atoms with Crippen LogP contribution in [0.3, 0.4) is 0 Å². The van der Waals surface area contributed by atoms with Gasteiger partial charge in [-0.25, -0.2) is 0 Å². The Morgan fingerprint density at radius 1 is 1.34 bits per heavy atom. The average Bonchev–Trinajstić information content (AvgIpc) is 3.20. The van der Waals surface area contributed by atoms with E-state index < -0.39 is 5.60 Å². The first kappa shape index (κ1) is 24.7. The highest BCUT2D eigenvalue weighted by atomic mass is 32.1. The second kappa shape index (κ2) is 10.4. The molecule has 5 nitrogen and oxygen atoms in total. The molecule has 1 N–H and O–H groups in total. The molecule has 0 radical (unpaired) electrons. The molecule has 3 rings (SSSR count). The maximum atomic E-state index is 13.5. The standard InChI is InChI=1S/C26H38N2O3S/c1-7-12-27(20(4)26(5,6)30)16-25(29)28-13-10-24-21(11-14-32-24)22(28)17-31-23-9-8-18(2)15-19(23)3/h8-9,11,14-15,20,22,30H,7,10,12-13,16-17H2,1-6H3/t20-,22-/m0/s1. The van der Waals surface area contributed by atoms with Crippen LogP contribution in [-0.2, 0) is 11.2 Å². The molecule has 1 aromatic heterocycles. The first-order valence-electron chi connectivity index (χ1n) is 11.6. The molecule has 2 atom stereocenters. The molecule has 32 heavy (non-hydrogen) atoms. The molecular weight excluding hydrogens is 420 g/mol. The fourth-order valence-electron chi connectivity index (χ4n) is 4.41. The van der Waals surface area contributed by atoms with Crippen molar-refractivity contribution >= 4 is 17.2 Å². The number of aliphatic hydroxyl groups is 1. The van der Waals surface area contributed by atoms with Gasteiger partial charge in [-0.3, -0.25) is 9.69 Å². The fraction of sp³-hybridized carbons (Fsp3) is 0.577. The Morgan fingerprint density at radius 3 is 2.75 bits per heavy atom. The summed E-state index contributed by atoms with van der Waals surface area (Å²) in [5, 5.41) is 12.6. The summed E-state index contributed by atoms with van der Waals surface area (Å²) in [5.74, 6) is 0.967. The molecule has 1 aliphatic rings. The van der Waals surface area contributed by atoms with E-state index in [0.717, 1.165) is 30.7 Å². The van der Waals surface area contributed by atoms with Gasteiger partial charge in [0.15, 0.2) is 0 Å². The molecule has 2 heterocycles. The number of benzene rings is 1. The van der Waals surface area contributed by atoms with Crippen LogP contribution in [0, 0.1) is 13.8 Å². The van der Waals surface area contributed by atoms with Crippen LogP contribution >= 0.6 is 11.3 Å². The summed E-state index contributed by atoms with van der Waals surface area (Å²) in [6, 6.07) is 8.12. The van der Waals surface area contributed by atoms with Gasteiger partial charge in [-0.2, -0.15) is 0 Å². The molecule has 1 amide bonds. The number of amides is 1. The molecule has 6 heteroatoms. The second-order valence-electron chi connectivity index (χ2n) is 9.53. The minimum atomic E-state index is -0.872. The Kier molecular flexibility index (Phi) is 8.01. The van der Waals surface area contributed by atoms with Gasteiger partial charge in [-0.05, 0) is 82.6 Å². The van der Waals surface area contributed by atoms with E-state index in [0.29, 0.717) is 19.7 Å². The van der Waals surface area contributed by atoms with E-state index in [1.807, 2.05) is 31.7 Å². The lowest BCUT2D eigenvalue weighted by Gasteiger charge is -2.40. The van der Waals surface area contributed by atoms with Crippen LogP contribution in [0.25, 0.3) is 0 Å². The predicted octanol–water partition coefficient (Wildman–Crippen LogP) is 4.74. The minimum absolute atomic E-state index is 0.0978. The monoisotopic (exact) mass is 458 g/mol. The Hall–Kier alpha value is -1.89. The van der Waals surface area contributed by atoms with Gasteiger partial charge in [0.1, 0.15) is 12.4 Å². The first-order chi connectivity index (χ1) is 15.1. The van der Waals surface area contributed by atoms with Crippen molar-refractivity contribution in [2.24, 2.45) is 0 Å². The summed E-state index contributed by atoms with van der Waals surface area (Å²) in [5.41, 5.74) is 2.65. The van der Waals surface area contributed by atoms with E-state index in [1.54, 1.807) is 11.3 Å². The molecule has 176 valence electrons. The van der Waals surface area contributed by atoms with E-state index in [1.165, 1.54) is 16.0 Å². The zero-order chi connectivity index (χ0) is 23.5. The van der Waals surface area contributed by atoms with Gasteiger partial charge in [-0.1, -0.05) is 24.6 Å². The van der Waals surface area contributed by atoms with Gasteiger partial charge >= 0.3 is 0 Å². The van der Waals surface area contributed by atoms with Crippen molar-refractivity contribution in [3.63, 3.8) is 0 Å². The van der Waals surface area contributed by atoms with Crippen LogP contribution in [-0.4, -0.2) is 58.7 Å². The lowest BCUT2D eigenvalue weighted by Crippen LogP contribution is -2.53. The number of hydrogen-bond donors (Lipinski definition) is 1. The van der Waals surface area contributed by atoms with Gasteiger partial charge in [0.25, 0.3) is 0 Å². The SMILES string of the molecule is CCCN(CC(=O)N1CCc2sccc2[C@@H]1COc1ccc(C)cc1C)[C@@H](C)C(C)(C)O. The highest BCUT2D eigenvalue weighted by molar-refractivity contribution is 7.10. The number of carbonyl (C=O) groups excluding carboxylic acids is 1. The van der Waals surface area contributed by atoms with Crippen LogP contribution < -0.4 is 4.74 Å². The molecule has 0 aliphatic carbocycles. The van der Waals surface area contributed by atoms with Crippen molar-refractivity contribution in [3.8, 4) is 5.75 Å². The molecule has 0 saturated heterocycles. The highest BCUT2D eigenvalue weighted by Gasteiger charge is 2.35. The van der Waals surface area contributed by atoms with Crippen molar-refractivity contribution in [1.82, 2.24) is 9.80 Å². The summed E-state index contributed by atoms with van der Waals surface area (Å²) in [7, 11) is 0. The molecule has 1 aliphatic heterocycles. The topological polar surface area (TPSA) is 53.0 Å². The number of nitrogens with zero attached hydrogens (tertiary/aromatic N) is 2. The molecule has 0 fully saturated rings. The minimum Gasteiger partial charge on any atom is -0.491 e. The Balaban J connectivity index is 1.79. The molecular formula is C26H38N2O3S. The number of thiophene rings is 1. The fourth-order valence-corrected chi connectivity index (χ4v) is 5.34. The van der Waals surface area contributed by atoms with Crippen molar-refractivity contribution in [1.29, 1.82) is 0 Å². The molecule has 2 aromatic rings. The van der Waals surface area contributed by atoms with Gasteiger partial charge in [0.05, 0.1) is 18.2 Å². The third-order valence-electron chi connectivity index (χ3n) is 6.56. The van der Waals surface area contributed by atoms with E-state index in [4.69, 9.17) is 4.74 Å². The maximum Gasteiger partial charge on any atom is 0.237 e. The van der Waals surface area contributed by atoms with Gasteiger partial charge in [-0.15, -0.1) is 11.3 Å². The number of fused-ring (bicyclic) bond motifs is 1. The molecule has 0 saturated carbocycles.